The SMILES string of the molecule is Cl/C(Br)=C\c1ccc(Cl)cc1. The maximum Gasteiger partial charge on any atom is 0.0839 e. The summed E-state index contributed by atoms with van der Waals surface area (Å²) in [6, 6.07) is 7.43. The minimum absolute atomic E-state index is 0.583. The molecule has 0 aliphatic carbocycles. The van der Waals surface area contributed by atoms with Crippen LogP contribution in [0.2, 0.25) is 5.02 Å². The van der Waals surface area contributed by atoms with E-state index >= 15 is 0 Å². The lowest BCUT2D eigenvalue weighted by Crippen LogP contribution is -1.69. The van der Waals surface area contributed by atoms with E-state index in [0.29, 0.717) is 3.94 Å². The van der Waals surface area contributed by atoms with Gasteiger partial charge in [-0.3, -0.25) is 0 Å². The maximum atomic E-state index is 5.68. The predicted octanol–water partition coefficient (Wildman–Crippen LogP) is 4.27. The molecule has 1 rings (SSSR count). The van der Waals surface area contributed by atoms with Gasteiger partial charge in [0.25, 0.3) is 0 Å². The number of benzene rings is 1. The second-order valence-electron chi connectivity index (χ2n) is 1.99. The zero-order valence-corrected chi connectivity index (χ0v) is 8.62. The van der Waals surface area contributed by atoms with Crippen molar-refractivity contribution in [2.45, 2.75) is 0 Å². The van der Waals surface area contributed by atoms with Crippen molar-refractivity contribution in [1.82, 2.24) is 0 Å². The number of hydrogen-bond donors (Lipinski definition) is 0. The first kappa shape index (κ1) is 9.11. The molecule has 11 heavy (non-hydrogen) atoms. The third-order valence-electron chi connectivity index (χ3n) is 1.15. The van der Waals surface area contributed by atoms with Crippen molar-refractivity contribution in [3.05, 3.63) is 38.8 Å². The molecule has 0 atom stereocenters. The van der Waals surface area contributed by atoms with E-state index < -0.39 is 0 Å². The lowest BCUT2D eigenvalue weighted by molar-refractivity contribution is 1.66. The van der Waals surface area contributed by atoms with Gasteiger partial charge in [0, 0.05) is 5.02 Å². The predicted molar refractivity (Wildman–Crippen MR) is 54.2 cm³/mol. The van der Waals surface area contributed by atoms with E-state index in [4.69, 9.17) is 23.2 Å². The third kappa shape index (κ3) is 3.28. The van der Waals surface area contributed by atoms with Crippen LogP contribution >= 0.6 is 39.1 Å². The van der Waals surface area contributed by atoms with Crippen molar-refractivity contribution in [1.29, 1.82) is 0 Å². The van der Waals surface area contributed by atoms with Crippen LogP contribution in [0.25, 0.3) is 6.08 Å². The van der Waals surface area contributed by atoms with E-state index in [0.717, 1.165) is 10.6 Å². The fourth-order valence-electron chi connectivity index (χ4n) is 0.685. The Morgan fingerprint density at radius 3 is 2.27 bits per heavy atom. The highest BCUT2D eigenvalue weighted by Crippen LogP contribution is 2.17. The summed E-state index contributed by atoms with van der Waals surface area (Å²) in [6.45, 7) is 0. The highest BCUT2D eigenvalue weighted by Gasteiger charge is 1.89. The van der Waals surface area contributed by atoms with Crippen LogP contribution in [0.15, 0.2) is 28.2 Å². The Morgan fingerprint density at radius 1 is 1.27 bits per heavy atom. The molecule has 0 radical (unpaired) electrons. The molecule has 0 N–H and O–H groups in total. The first-order valence-corrected chi connectivity index (χ1v) is 4.51. The second-order valence-corrected chi connectivity index (χ2v) is 4.14. The summed E-state index contributed by atoms with van der Waals surface area (Å²) in [5.41, 5.74) is 1.02. The summed E-state index contributed by atoms with van der Waals surface area (Å²) in [4.78, 5) is 0. The van der Waals surface area contributed by atoms with Crippen molar-refractivity contribution >= 4 is 45.2 Å². The molecule has 0 saturated heterocycles. The molecule has 1 aromatic carbocycles. The Kier molecular flexibility index (Phi) is 3.44. The molecule has 0 saturated carbocycles. The standard InChI is InChI=1S/C8H5BrCl2/c9-8(11)5-6-1-3-7(10)4-2-6/h1-5H/b8-5-. The quantitative estimate of drug-likeness (QED) is 0.699. The van der Waals surface area contributed by atoms with Crippen molar-refractivity contribution in [2.75, 3.05) is 0 Å². The van der Waals surface area contributed by atoms with Gasteiger partial charge in [-0.2, -0.15) is 0 Å². The van der Waals surface area contributed by atoms with Crippen LogP contribution in [0.3, 0.4) is 0 Å². The molecule has 0 nitrogen and oxygen atoms in total. The van der Waals surface area contributed by atoms with Crippen LogP contribution < -0.4 is 0 Å². The van der Waals surface area contributed by atoms with Crippen LogP contribution in [0.1, 0.15) is 5.56 Å². The second kappa shape index (κ2) is 4.15. The summed E-state index contributed by atoms with van der Waals surface area (Å²) in [6.07, 6.45) is 1.80. The zero-order chi connectivity index (χ0) is 8.27. The van der Waals surface area contributed by atoms with Gasteiger partial charge in [0.2, 0.25) is 0 Å². The molecular weight excluding hydrogens is 247 g/mol. The van der Waals surface area contributed by atoms with Gasteiger partial charge in [-0.15, -0.1) is 0 Å². The highest BCUT2D eigenvalue weighted by molar-refractivity contribution is 9.12. The molecule has 0 fully saturated rings. The first-order valence-electron chi connectivity index (χ1n) is 2.97. The fourth-order valence-corrected chi connectivity index (χ4v) is 1.20. The molecule has 0 amide bonds. The highest BCUT2D eigenvalue weighted by atomic mass is 79.9. The van der Waals surface area contributed by atoms with E-state index in [-0.39, 0.29) is 0 Å². The Morgan fingerprint density at radius 2 is 1.82 bits per heavy atom. The van der Waals surface area contributed by atoms with E-state index in [1.807, 2.05) is 24.3 Å². The molecule has 0 unspecified atom stereocenters. The van der Waals surface area contributed by atoms with Gasteiger partial charge in [-0.25, -0.2) is 0 Å². The Bertz CT molecular complexity index is 260. The van der Waals surface area contributed by atoms with E-state index in [9.17, 15) is 0 Å². The normalized spacial score (nSPS) is 11.7. The van der Waals surface area contributed by atoms with Gasteiger partial charge in [-0.1, -0.05) is 35.3 Å². The zero-order valence-electron chi connectivity index (χ0n) is 5.52. The van der Waals surface area contributed by atoms with E-state index in [2.05, 4.69) is 15.9 Å². The van der Waals surface area contributed by atoms with Gasteiger partial charge < -0.3 is 0 Å². The van der Waals surface area contributed by atoms with Gasteiger partial charge in [-0.05, 0) is 39.7 Å². The molecule has 1 aromatic rings. The average Bonchev–Trinajstić information content (AvgIpc) is 1.93. The van der Waals surface area contributed by atoms with Crippen molar-refractivity contribution in [3.8, 4) is 0 Å². The van der Waals surface area contributed by atoms with Crippen molar-refractivity contribution < 1.29 is 0 Å². The van der Waals surface area contributed by atoms with Gasteiger partial charge in [0.05, 0.1) is 3.94 Å². The third-order valence-corrected chi connectivity index (χ3v) is 1.74. The van der Waals surface area contributed by atoms with Crippen LogP contribution in [0, 0.1) is 0 Å². The van der Waals surface area contributed by atoms with E-state index in [1.165, 1.54) is 0 Å². The minimum atomic E-state index is 0.583. The van der Waals surface area contributed by atoms with Crippen molar-refractivity contribution in [3.63, 3.8) is 0 Å². The molecule has 0 aromatic heterocycles. The van der Waals surface area contributed by atoms with Crippen LogP contribution in [0.4, 0.5) is 0 Å². The Balaban J connectivity index is 2.91. The summed E-state index contributed by atoms with van der Waals surface area (Å²) >= 11 is 14.4. The van der Waals surface area contributed by atoms with Gasteiger partial charge >= 0.3 is 0 Å². The lowest BCUT2D eigenvalue weighted by Gasteiger charge is -1.92. The van der Waals surface area contributed by atoms with Crippen molar-refractivity contribution in [2.24, 2.45) is 0 Å². The van der Waals surface area contributed by atoms with Crippen LogP contribution in [0.5, 0.6) is 0 Å². The average molecular weight is 252 g/mol. The molecule has 0 bridgehead atoms. The number of rotatable bonds is 1. The molecular formula is C8H5BrCl2. The molecule has 0 aliphatic heterocycles. The molecule has 0 spiro atoms. The van der Waals surface area contributed by atoms with Gasteiger partial charge in [0.15, 0.2) is 0 Å². The Labute approximate surface area is 83.9 Å². The van der Waals surface area contributed by atoms with Gasteiger partial charge in [0.1, 0.15) is 0 Å². The first-order chi connectivity index (χ1) is 5.18. The summed E-state index contributed by atoms with van der Waals surface area (Å²) in [5, 5.41) is 0.729. The largest absolute Gasteiger partial charge is 0.0843 e. The fraction of sp³-hybridized carbons (Fsp3) is 0. The van der Waals surface area contributed by atoms with Crippen LogP contribution in [-0.4, -0.2) is 0 Å². The monoisotopic (exact) mass is 250 g/mol. The van der Waals surface area contributed by atoms with Crippen LogP contribution in [-0.2, 0) is 0 Å². The topological polar surface area (TPSA) is 0 Å². The minimum Gasteiger partial charge on any atom is -0.0843 e. The maximum absolute atomic E-state index is 5.68. The summed E-state index contributed by atoms with van der Waals surface area (Å²) in [7, 11) is 0. The molecule has 0 aliphatic rings. The van der Waals surface area contributed by atoms with E-state index in [1.54, 1.807) is 6.08 Å². The summed E-state index contributed by atoms with van der Waals surface area (Å²) < 4.78 is 0.583. The molecule has 0 heterocycles. The summed E-state index contributed by atoms with van der Waals surface area (Å²) in [5.74, 6) is 0. The Hall–Kier alpha value is 0.0200. The smallest absolute Gasteiger partial charge is 0.0839 e. The number of halogens is 3. The number of hydrogen-bond acceptors (Lipinski definition) is 0. The molecule has 3 heteroatoms. The lowest BCUT2D eigenvalue weighted by atomic mass is 10.2. The molecule has 58 valence electrons.